The van der Waals surface area contributed by atoms with Gasteiger partial charge < -0.3 is 0 Å². The zero-order valence-corrected chi connectivity index (χ0v) is 33.5. The van der Waals surface area contributed by atoms with E-state index in [9.17, 15) is 0 Å². The van der Waals surface area contributed by atoms with Gasteiger partial charge >= 0.3 is 0 Å². The van der Waals surface area contributed by atoms with Gasteiger partial charge in [-0.3, -0.25) is 0 Å². The van der Waals surface area contributed by atoms with Crippen LogP contribution in [0.25, 0.3) is 39.0 Å². The third kappa shape index (κ3) is 7.04. The fourth-order valence-electron chi connectivity index (χ4n) is 8.70. The Morgan fingerprint density at radius 3 is 1.66 bits per heavy atom. The minimum atomic E-state index is -0.318. The molecule has 7 aromatic carbocycles. The van der Waals surface area contributed by atoms with Gasteiger partial charge in [0.15, 0.2) is 0 Å². The van der Waals surface area contributed by atoms with E-state index in [1.807, 2.05) is 38.1 Å². The summed E-state index contributed by atoms with van der Waals surface area (Å²) in [5.74, 6) is 0.403. The molecule has 276 valence electrons. The Kier molecular flexibility index (Phi) is 11.3. The van der Waals surface area contributed by atoms with Crippen LogP contribution in [0.4, 0.5) is 0 Å². The lowest BCUT2D eigenvalue weighted by molar-refractivity contribution is 0.747. The van der Waals surface area contributed by atoms with Crippen molar-refractivity contribution in [1.82, 2.24) is 0 Å². The van der Waals surface area contributed by atoms with Crippen molar-refractivity contribution in [3.63, 3.8) is 0 Å². The lowest BCUT2D eigenvalue weighted by atomic mass is 9.66. The van der Waals surface area contributed by atoms with E-state index >= 15 is 0 Å². The molecule has 0 heterocycles. The number of rotatable bonds is 5. The third-order valence-corrected chi connectivity index (χ3v) is 11.3. The highest BCUT2D eigenvalue weighted by molar-refractivity contribution is 5.88. The number of hydrogen-bond acceptors (Lipinski definition) is 0. The Morgan fingerprint density at radius 1 is 0.518 bits per heavy atom. The van der Waals surface area contributed by atoms with Crippen molar-refractivity contribution < 1.29 is 0 Å². The summed E-state index contributed by atoms with van der Waals surface area (Å²) in [6, 6.07) is 63.9. The summed E-state index contributed by atoms with van der Waals surface area (Å²) in [4.78, 5) is 0. The highest BCUT2D eigenvalue weighted by atomic mass is 14.5. The first kappa shape index (κ1) is 38.1. The highest BCUT2D eigenvalue weighted by Crippen LogP contribution is 2.59. The molecule has 0 N–H and O–H groups in total. The van der Waals surface area contributed by atoms with Gasteiger partial charge in [0.05, 0.1) is 5.41 Å². The zero-order valence-electron chi connectivity index (χ0n) is 33.5. The van der Waals surface area contributed by atoms with Crippen LogP contribution in [0.2, 0.25) is 0 Å². The molecule has 0 aromatic heterocycles. The van der Waals surface area contributed by atoms with E-state index in [0.29, 0.717) is 5.92 Å². The molecule has 1 unspecified atom stereocenters. The summed E-state index contributed by atoms with van der Waals surface area (Å²) in [5.41, 5.74) is 20.4. The molecule has 0 saturated heterocycles. The van der Waals surface area contributed by atoms with Gasteiger partial charge in [-0.15, -0.1) is 0 Å². The second-order valence-electron chi connectivity index (χ2n) is 14.9. The van der Waals surface area contributed by atoms with E-state index in [-0.39, 0.29) is 5.41 Å². The minimum absolute atomic E-state index is 0.318. The van der Waals surface area contributed by atoms with Crippen LogP contribution >= 0.6 is 0 Å². The van der Waals surface area contributed by atoms with Gasteiger partial charge in [-0.25, -0.2) is 0 Å². The van der Waals surface area contributed by atoms with Crippen molar-refractivity contribution in [3.05, 3.63) is 245 Å². The van der Waals surface area contributed by atoms with Crippen molar-refractivity contribution in [2.24, 2.45) is 0 Å². The summed E-state index contributed by atoms with van der Waals surface area (Å²) >= 11 is 0. The highest BCUT2D eigenvalue weighted by Gasteiger charge is 2.49. The second kappa shape index (κ2) is 16.6. The van der Waals surface area contributed by atoms with Crippen molar-refractivity contribution in [1.29, 1.82) is 0 Å². The van der Waals surface area contributed by atoms with Crippen molar-refractivity contribution >= 4 is 16.7 Å². The monoisotopic (exact) mass is 724 g/mol. The smallest absolute Gasteiger partial charge is 0.0718 e. The lowest BCUT2D eigenvalue weighted by Crippen LogP contribution is -2.30. The Balaban J connectivity index is 0.000000213. The minimum Gasteiger partial charge on any atom is -0.0955 e. The largest absolute Gasteiger partial charge is 0.0955 e. The molecule has 1 atom stereocenters. The maximum absolute atomic E-state index is 4.17. The Morgan fingerprint density at radius 2 is 1.04 bits per heavy atom. The van der Waals surface area contributed by atoms with Gasteiger partial charge in [0.1, 0.15) is 0 Å². The summed E-state index contributed by atoms with van der Waals surface area (Å²) in [6.45, 7) is 18.9. The van der Waals surface area contributed by atoms with Crippen molar-refractivity contribution in [3.8, 4) is 22.3 Å². The molecular weight excluding hydrogens is 673 g/mol. The van der Waals surface area contributed by atoms with Crippen LogP contribution in [-0.4, -0.2) is 0 Å². The molecule has 0 nitrogen and oxygen atoms in total. The molecular formula is C56H52. The van der Waals surface area contributed by atoms with E-state index in [2.05, 4.69) is 192 Å². The number of hydrogen-bond donors (Lipinski definition) is 0. The predicted molar refractivity (Wildman–Crippen MR) is 243 cm³/mol. The first-order valence-corrected chi connectivity index (χ1v) is 20.0. The van der Waals surface area contributed by atoms with Crippen LogP contribution in [-0.2, 0) is 11.8 Å². The first-order valence-electron chi connectivity index (χ1n) is 20.0. The van der Waals surface area contributed by atoms with Gasteiger partial charge in [0.2, 0.25) is 0 Å². The quantitative estimate of drug-likeness (QED) is 0.155. The lowest BCUT2D eigenvalue weighted by Gasteiger charge is -2.35. The number of benzene rings is 7. The molecule has 0 heteroatoms. The maximum Gasteiger partial charge on any atom is 0.0718 e. The summed E-state index contributed by atoms with van der Waals surface area (Å²) in [7, 11) is 0. The van der Waals surface area contributed by atoms with E-state index in [4.69, 9.17) is 0 Å². The van der Waals surface area contributed by atoms with Gasteiger partial charge in [-0.2, -0.15) is 0 Å². The molecule has 56 heavy (non-hydrogen) atoms. The average Bonchev–Trinajstić information content (AvgIpc) is 3.50. The van der Waals surface area contributed by atoms with E-state index in [1.54, 1.807) is 0 Å². The summed E-state index contributed by atoms with van der Waals surface area (Å²) < 4.78 is 0. The van der Waals surface area contributed by atoms with Crippen LogP contribution in [0.15, 0.2) is 195 Å². The van der Waals surface area contributed by atoms with Crippen LogP contribution in [0.3, 0.4) is 0 Å². The Labute approximate surface area is 335 Å². The molecule has 1 spiro atoms. The number of fused-ring (bicyclic) bond motifs is 9. The molecule has 0 fully saturated rings. The maximum atomic E-state index is 4.17. The van der Waals surface area contributed by atoms with Crippen LogP contribution in [0, 0.1) is 0 Å². The van der Waals surface area contributed by atoms with Gasteiger partial charge in [-0.1, -0.05) is 215 Å². The SMILES string of the molecule is C=C(/C=C(\C)c1ccccc1)c1ccccc1.C=C(C)c1cccc(-c2ccc3c(c2)C(C)Cc2ccccc2C32c3ccccc3-c3ccccc32)c1.CC. The fourth-order valence-corrected chi connectivity index (χ4v) is 8.70. The second-order valence-corrected chi connectivity index (χ2v) is 14.9. The van der Waals surface area contributed by atoms with Gasteiger partial charge in [0.25, 0.3) is 0 Å². The molecule has 0 amide bonds. The van der Waals surface area contributed by atoms with Crippen LogP contribution in [0.1, 0.15) is 90.6 Å². The van der Waals surface area contributed by atoms with E-state index in [1.165, 1.54) is 77.9 Å². The van der Waals surface area contributed by atoms with Crippen LogP contribution < -0.4 is 0 Å². The predicted octanol–water partition coefficient (Wildman–Crippen LogP) is 15.2. The Bertz CT molecular complexity index is 2480. The van der Waals surface area contributed by atoms with Crippen molar-refractivity contribution in [2.45, 2.75) is 52.4 Å². The molecule has 7 aromatic rings. The topological polar surface area (TPSA) is 0 Å². The molecule has 2 aliphatic carbocycles. The molecule has 9 rings (SSSR count). The average molecular weight is 725 g/mol. The normalized spacial score (nSPS) is 14.3. The van der Waals surface area contributed by atoms with Gasteiger partial charge in [0, 0.05) is 0 Å². The van der Waals surface area contributed by atoms with E-state index < -0.39 is 0 Å². The molecule has 0 bridgehead atoms. The zero-order chi connectivity index (χ0) is 39.2. The molecule has 0 radical (unpaired) electrons. The summed E-state index contributed by atoms with van der Waals surface area (Å²) in [6.07, 6.45) is 3.16. The van der Waals surface area contributed by atoms with Crippen molar-refractivity contribution in [2.75, 3.05) is 0 Å². The summed E-state index contributed by atoms with van der Waals surface area (Å²) in [5, 5.41) is 0. The molecule has 2 aliphatic rings. The molecule has 0 saturated carbocycles. The van der Waals surface area contributed by atoms with Gasteiger partial charge in [-0.05, 0) is 116 Å². The standard InChI is InChI=1S/C37H30.C17H16.C2H6/c1-24(2)26-12-10-13-27(22-26)28-19-20-36-32(23-28)25(3)21-29-11-4-7-16-33(29)37(36)34-17-8-5-14-30(34)31-15-6-9-18-35(31)37;1-14(16-9-5-3-6-10-16)13-15(2)17-11-7-4-8-12-17;1-2/h4-20,22-23,25H,1,21H2,2-3H3;3-13H,1H2,2H3;1-2H3/b;15-13+;. The van der Waals surface area contributed by atoms with E-state index in [0.717, 1.165) is 17.6 Å². The Hall–Kier alpha value is -6.24. The number of allylic oxidation sites excluding steroid dienone is 4. The molecule has 0 aliphatic heterocycles. The fraction of sp³-hybridized carbons (Fsp3) is 0.143. The third-order valence-electron chi connectivity index (χ3n) is 11.3. The van der Waals surface area contributed by atoms with Crippen LogP contribution in [0.5, 0.6) is 0 Å². The first-order chi connectivity index (χ1) is 27.4.